The fourth-order valence-corrected chi connectivity index (χ4v) is 2.26. The maximum absolute atomic E-state index is 12.0. The molecule has 0 aromatic rings. The van der Waals surface area contributed by atoms with Gasteiger partial charge >= 0.3 is 0 Å². The first kappa shape index (κ1) is 16.0. The van der Waals surface area contributed by atoms with Crippen molar-refractivity contribution >= 4 is 11.8 Å². The van der Waals surface area contributed by atoms with Crippen molar-refractivity contribution in [1.29, 1.82) is 0 Å². The van der Waals surface area contributed by atoms with Crippen molar-refractivity contribution in [1.82, 2.24) is 16.0 Å². The van der Waals surface area contributed by atoms with E-state index in [9.17, 15) is 9.59 Å². The molecule has 3 atom stereocenters. The van der Waals surface area contributed by atoms with Crippen LogP contribution < -0.4 is 16.0 Å². The number of piperidine rings is 1. The highest BCUT2D eigenvalue weighted by molar-refractivity contribution is 5.83. The molecule has 0 spiro atoms. The van der Waals surface area contributed by atoms with Crippen molar-refractivity contribution in [3.05, 3.63) is 0 Å². The number of hydrogen-bond acceptors (Lipinski definition) is 3. The Bertz CT molecular complexity index is 307. The average molecular weight is 269 g/mol. The molecule has 3 N–H and O–H groups in total. The predicted molar refractivity (Wildman–Crippen MR) is 75.7 cm³/mol. The summed E-state index contributed by atoms with van der Waals surface area (Å²) in [5.74, 6) is 0.380. The van der Waals surface area contributed by atoms with Crippen LogP contribution in [0.5, 0.6) is 0 Å². The quantitative estimate of drug-likeness (QED) is 0.668. The van der Waals surface area contributed by atoms with E-state index in [4.69, 9.17) is 0 Å². The van der Waals surface area contributed by atoms with Crippen LogP contribution in [0.1, 0.15) is 46.5 Å². The fraction of sp³-hybridized carbons (Fsp3) is 0.857. The number of nitrogens with one attached hydrogen (secondary N) is 3. The van der Waals surface area contributed by atoms with Gasteiger partial charge in [-0.2, -0.15) is 0 Å². The van der Waals surface area contributed by atoms with E-state index >= 15 is 0 Å². The largest absolute Gasteiger partial charge is 0.354 e. The van der Waals surface area contributed by atoms with Gasteiger partial charge in [0.15, 0.2) is 0 Å². The Morgan fingerprint density at radius 2 is 2.16 bits per heavy atom. The normalized spacial score (nSPS) is 24.6. The molecule has 110 valence electrons. The Hall–Kier alpha value is -1.10. The lowest BCUT2D eigenvalue weighted by Crippen LogP contribution is -2.51. The zero-order valence-corrected chi connectivity index (χ0v) is 12.3. The molecule has 0 aromatic carbocycles. The van der Waals surface area contributed by atoms with E-state index in [0.717, 1.165) is 25.8 Å². The molecule has 0 aliphatic carbocycles. The van der Waals surface area contributed by atoms with Crippen LogP contribution in [0.15, 0.2) is 0 Å². The van der Waals surface area contributed by atoms with Crippen molar-refractivity contribution in [3.8, 4) is 0 Å². The molecule has 1 saturated heterocycles. The van der Waals surface area contributed by atoms with E-state index < -0.39 is 0 Å². The lowest BCUT2D eigenvalue weighted by molar-refractivity contribution is -0.125. The third-order valence-corrected chi connectivity index (χ3v) is 3.72. The molecular weight excluding hydrogens is 242 g/mol. The van der Waals surface area contributed by atoms with E-state index in [-0.39, 0.29) is 23.9 Å². The number of amides is 2. The highest BCUT2D eigenvalue weighted by Gasteiger charge is 2.26. The van der Waals surface area contributed by atoms with Crippen LogP contribution in [0.3, 0.4) is 0 Å². The van der Waals surface area contributed by atoms with Crippen LogP contribution in [-0.2, 0) is 9.59 Å². The zero-order valence-electron chi connectivity index (χ0n) is 12.3. The molecule has 5 heteroatoms. The summed E-state index contributed by atoms with van der Waals surface area (Å²) in [4.78, 5) is 23.5. The second-order valence-electron chi connectivity index (χ2n) is 5.47. The van der Waals surface area contributed by atoms with Gasteiger partial charge in [0.05, 0.1) is 6.04 Å². The van der Waals surface area contributed by atoms with Gasteiger partial charge < -0.3 is 16.0 Å². The Kier molecular flexibility index (Phi) is 6.84. The van der Waals surface area contributed by atoms with Gasteiger partial charge in [-0.25, -0.2) is 0 Å². The van der Waals surface area contributed by atoms with E-state index in [0.29, 0.717) is 18.9 Å². The highest BCUT2D eigenvalue weighted by Crippen LogP contribution is 2.15. The van der Waals surface area contributed by atoms with Gasteiger partial charge in [0.1, 0.15) is 0 Å². The standard InChI is InChI=1S/C14H27N3O2/c1-4-11(3)17-12(18)7-9-16-14(19)13-10(2)6-5-8-15-13/h10-11,13,15H,4-9H2,1-3H3,(H,16,19)(H,17,18). The molecule has 1 heterocycles. The number of carbonyl (C=O) groups is 2. The predicted octanol–water partition coefficient (Wildman–Crippen LogP) is 0.796. The second kappa shape index (κ2) is 8.15. The monoisotopic (exact) mass is 269 g/mol. The summed E-state index contributed by atoms with van der Waals surface area (Å²) >= 11 is 0. The molecule has 19 heavy (non-hydrogen) atoms. The van der Waals surface area contributed by atoms with Crippen LogP contribution >= 0.6 is 0 Å². The molecule has 0 radical (unpaired) electrons. The van der Waals surface area contributed by atoms with Crippen LogP contribution in [0.25, 0.3) is 0 Å². The minimum atomic E-state index is -0.105. The Morgan fingerprint density at radius 3 is 2.79 bits per heavy atom. The van der Waals surface area contributed by atoms with Gasteiger partial charge in [-0.3, -0.25) is 9.59 Å². The topological polar surface area (TPSA) is 70.2 Å². The fourth-order valence-electron chi connectivity index (χ4n) is 2.26. The van der Waals surface area contributed by atoms with Gasteiger partial charge in [-0.15, -0.1) is 0 Å². The molecular formula is C14H27N3O2. The molecule has 0 bridgehead atoms. The number of hydrogen-bond donors (Lipinski definition) is 3. The van der Waals surface area contributed by atoms with Crippen LogP contribution in [-0.4, -0.2) is 37.0 Å². The zero-order chi connectivity index (χ0) is 14.3. The molecule has 0 saturated carbocycles. The van der Waals surface area contributed by atoms with Crippen LogP contribution in [0.4, 0.5) is 0 Å². The van der Waals surface area contributed by atoms with Crippen molar-refractivity contribution in [2.75, 3.05) is 13.1 Å². The average Bonchev–Trinajstić information content (AvgIpc) is 2.38. The van der Waals surface area contributed by atoms with Gasteiger partial charge in [-0.05, 0) is 38.6 Å². The van der Waals surface area contributed by atoms with Gasteiger partial charge in [0, 0.05) is 19.0 Å². The van der Waals surface area contributed by atoms with Gasteiger partial charge in [-0.1, -0.05) is 13.8 Å². The summed E-state index contributed by atoms with van der Waals surface area (Å²) in [6.45, 7) is 7.40. The van der Waals surface area contributed by atoms with Crippen molar-refractivity contribution in [3.63, 3.8) is 0 Å². The molecule has 3 unspecified atom stereocenters. The molecule has 1 rings (SSSR count). The van der Waals surface area contributed by atoms with Crippen LogP contribution in [0, 0.1) is 5.92 Å². The van der Waals surface area contributed by atoms with E-state index in [2.05, 4.69) is 22.9 Å². The van der Waals surface area contributed by atoms with E-state index in [1.54, 1.807) is 0 Å². The first-order chi connectivity index (χ1) is 9.04. The maximum atomic E-state index is 12.0. The summed E-state index contributed by atoms with van der Waals surface area (Å²) in [5.41, 5.74) is 0. The molecule has 1 fully saturated rings. The van der Waals surface area contributed by atoms with Gasteiger partial charge in [0.25, 0.3) is 0 Å². The van der Waals surface area contributed by atoms with E-state index in [1.165, 1.54) is 0 Å². The Morgan fingerprint density at radius 1 is 1.42 bits per heavy atom. The smallest absolute Gasteiger partial charge is 0.237 e. The van der Waals surface area contributed by atoms with E-state index in [1.807, 2.05) is 13.8 Å². The summed E-state index contributed by atoms with van der Waals surface area (Å²) < 4.78 is 0. The third kappa shape index (κ3) is 5.59. The SMILES string of the molecule is CCC(C)NC(=O)CCNC(=O)C1NCCCC1C. The van der Waals surface area contributed by atoms with Crippen molar-refractivity contribution < 1.29 is 9.59 Å². The summed E-state index contributed by atoms with van der Waals surface area (Å²) in [5, 5.41) is 8.96. The molecule has 5 nitrogen and oxygen atoms in total. The summed E-state index contributed by atoms with van der Waals surface area (Å²) in [6, 6.07) is 0.0922. The minimum absolute atomic E-state index is 0.000646. The number of rotatable bonds is 6. The van der Waals surface area contributed by atoms with Crippen molar-refractivity contribution in [2.24, 2.45) is 5.92 Å². The molecule has 2 amide bonds. The Labute approximate surface area is 115 Å². The lowest BCUT2D eigenvalue weighted by atomic mass is 9.92. The third-order valence-electron chi connectivity index (χ3n) is 3.72. The molecule has 1 aliphatic heterocycles. The summed E-state index contributed by atoms with van der Waals surface area (Å²) in [7, 11) is 0. The first-order valence-corrected chi connectivity index (χ1v) is 7.35. The second-order valence-corrected chi connectivity index (χ2v) is 5.47. The minimum Gasteiger partial charge on any atom is -0.354 e. The van der Waals surface area contributed by atoms with Gasteiger partial charge in [0.2, 0.25) is 11.8 Å². The van der Waals surface area contributed by atoms with Crippen LogP contribution in [0.2, 0.25) is 0 Å². The summed E-state index contributed by atoms with van der Waals surface area (Å²) in [6.07, 6.45) is 3.47. The molecule has 1 aliphatic rings. The molecule has 0 aromatic heterocycles. The lowest BCUT2D eigenvalue weighted by Gasteiger charge is -2.28. The maximum Gasteiger partial charge on any atom is 0.237 e. The highest BCUT2D eigenvalue weighted by atomic mass is 16.2. The van der Waals surface area contributed by atoms with Crippen molar-refractivity contribution in [2.45, 2.75) is 58.5 Å². The number of carbonyl (C=O) groups excluding carboxylic acids is 2. The Balaban J connectivity index is 2.21. The first-order valence-electron chi connectivity index (χ1n) is 7.35.